The third-order valence-electron chi connectivity index (χ3n) is 4.38. The number of nitrogens with zero attached hydrogens (tertiary/aromatic N) is 4. The van der Waals surface area contributed by atoms with Gasteiger partial charge < -0.3 is 10.2 Å². The van der Waals surface area contributed by atoms with Crippen molar-refractivity contribution < 1.29 is 23.2 Å². The van der Waals surface area contributed by atoms with Crippen molar-refractivity contribution in [2.75, 3.05) is 19.6 Å². The van der Waals surface area contributed by atoms with Crippen LogP contribution in [0.2, 0.25) is 0 Å². The molecule has 1 saturated heterocycles. The second kappa shape index (κ2) is 8.44. The summed E-state index contributed by atoms with van der Waals surface area (Å²) in [5.41, 5.74) is -2.22. The lowest BCUT2D eigenvalue weighted by Gasteiger charge is -2.24. The Morgan fingerprint density at radius 3 is 2.39 bits per heavy atom. The average molecular weight is 389 g/mol. The molecule has 1 aromatic rings. The molecule has 1 aliphatic rings. The monoisotopic (exact) mass is 389 g/mol. The Morgan fingerprint density at radius 1 is 1.21 bits per heavy atom. The fraction of sp³-hybridized carbons (Fsp3) is 0.389. The summed E-state index contributed by atoms with van der Waals surface area (Å²) in [7, 11) is 0. The predicted octanol–water partition coefficient (Wildman–Crippen LogP) is 1.39. The van der Waals surface area contributed by atoms with Gasteiger partial charge in [0, 0.05) is 18.7 Å². The maximum Gasteiger partial charge on any atom is 0.325 e. The molecular weight excluding hydrogens is 372 g/mol. The first-order valence-electron chi connectivity index (χ1n) is 8.36. The van der Waals surface area contributed by atoms with Crippen molar-refractivity contribution in [2.45, 2.75) is 25.3 Å². The van der Waals surface area contributed by atoms with Crippen LogP contribution in [0.1, 0.15) is 25.3 Å². The number of urea groups is 1. The molecule has 0 aromatic heterocycles. The molecule has 1 N–H and O–H groups in total. The highest BCUT2D eigenvalue weighted by Crippen LogP contribution is 2.31. The summed E-state index contributed by atoms with van der Waals surface area (Å²) >= 11 is 0. The highest BCUT2D eigenvalue weighted by atomic mass is 19.1. The van der Waals surface area contributed by atoms with Gasteiger partial charge in [-0.25, -0.2) is 13.6 Å². The molecule has 1 heterocycles. The predicted molar refractivity (Wildman–Crippen MR) is 91.0 cm³/mol. The van der Waals surface area contributed by atoms with E-state index in [0.29, 0.717) is 4.90 Å². The van der Waals surface area contributed by atoms with Crippen LogP contribution < -0.4 is 5.32 Å². The van der Waals surface area contributed by atoms with Gasteiger partial charge in [0.2, 0.25) is 5.91 Å². The third kappa shape index (κ3) is 4.07. The van der Waals surface area contributed by atoms with E-state index in [4.69, 9.17) is 10.5 Å². The van der Waals surface area contributed by atoms with Gasteiger partial charge in [-0.3, -0.25) is 14.5 Å². The molecule has 0 spiro atoms. The van der Waals surface area contributed by atoms with Crippen molar-refractivity contribution in [3.63, 3.8) is 0 Å². The van der Waals surface area contributed by atoms with Crippen LogP contribution in [0.25, 0.3) is 0 Å². The van der Waals surface area contributed by atoms with Gasteiger partial charge in [0.1, 0.15) is 23.7 Å². The Morgan fingerprint density at radius 2 is 1.82 bits per heavy atom. The van der Waals surface area contributed by atoms with E-state index in [2.05, 4.69) is 5.32 Å². The summed E-state index contributed by atoms with van der Waals surface area (Å²) in [5.74, 6) is -3.21. The number of nitriles is 2. The summed E-state index contributed by atoms with van der Waals surface area (Å²) < 4.78 is 27.7. The minimum Gasteiger partial charge on any atom is -0.339 e. The van der Waals surface area contributed by atoms with Gasteiger partial charge in [0.25, 0.3) is 5.91 Å². The van der Waals surface area contributed by atoms with E-state index >= 15 is 0 Å². The van der Waals surface area contributed by atoms with Gasteiger partial charge in [-0.05, 0) is 25.1 Å². The second-order valence-corrected chi connectivity index (χ2v) is 6.27. The quantitative estimate of drug-likeness (QED) is 0.707. The van der Waals surface area contributed by atoms with Crippen molar-refractivity contribution in [1.82, 2.24) is 15.1 Å². The first kappa shape index (κ1) is 20.8. The molecule has 0 saturated carbocycles. The van der Waals surface area contributed by atoms with Gasteiger partial charge in [0.15, 0.2) is 0 Å². The van der Waals surface area contributed by atoms with E-state index < -0.39 is 41.6 Å². The largest absolute Gasteiger partial charge is 0.339 e. The Bertz CT molecular complexity index is 874. The molecule has 10 heteroatoms. The normalized spacial score (nSPS) is 18.4. The molecule has 1 atom stereocenters. The van der Waals surface area contributed by atoms with Crippen molar-refractivity contribution in [2.24, 2.45) is 0 Å². The number of hydrogen-bond donors (Lipinski definition) is 1. The standard InChI is InChI=1S/C18H17F2N5O3/c1-18(13-10-12(19)4-5-14(13)20)16(27)25(17(28)23-18)11-15(26)24(8-2-6-21)9-3-7-22/h4-5,10H,2-3,8-9,11H2,1H3,(H,23,28). The lowest BCUT2D eigenvalue weighted by Crippen LogP contribution is -2.45. The Labute approximate surface area is 159 Å². The van der Waals surface area contributed by atoms with Crippen LogP contribution in [-0.2, 0) is 15.1 Å². The zero-order valence-corrected chi connectivity index (χ0v) is 15.0. The molecular formula is C18H17F2N5O3. The Balaban J connectivity index is 2.23. The topological polar surface area (TPSA) is 117 Å². The molecule has 0 radical (unpaired) electrons. The average Bonchev–Trinajstić information content (AvgIpc) is 2.87. The molecule has 28 heavy (non-hydrogen) atoms. The van der Waals surface area contributed by atoms with Gasteiger partial charge in [0.05, 0.1) is 25.0 Å². The van der Waals surface area contributed by atoms with Crippen molar-refractivity contribution in [3.05, 3.63) is 35.4 Å². The summed E-state index contributed by atoms with van der Waals surface area (Å²) in [6, 6.07) is 5.35. The molecule has 1 aliphatic heterocycles. The number of carbonyl (C=O) groups is 3. The molecule has 1 unspecified atom stereocenters. The van der Waals surface area contributed by atoms with Gasteiger partial charge in [-0.15, -0.1) is 0 Å². The summed E-state index contributed by atoms with van der Waals surface area (Å²) in [4.78, 5) is 39.3. The van der Waals surface area contributed by atoms with Crippen LogP contribution in [0.4, 0.5) is 13.6 Å². The number of amides is 4. The third-order valence-corrected chi connectivity index (χ3v) is 4.38. The molecule has 0 bridgehead atoms. The first-order valence-corrected chi connectivity index (χ1v) is 8.36. The molecule has 146 valence electrons. The summed E-state index contributed by atoms with van der Waals surface area (Å²) in [6.07, 6.45) is 0.0348. The maximum absolute atomic E-state index is 14.1. The lowest BCUT2D eigenvalue weighted by atomic mass is 9.91. The Kier molecular flexibility index (Phi) is 6.26. The van der Waals surface area contributed by atoms with E-state index in [-0.39, 0.29) is 31.5 Å². The smallest absolute Gasteiger partial charge is 0.325 e. The van der Waals surface area contributed by atoms with Crippen LogP contribution in [0.5, 0.6) is 0 Å². The van der Waals surface area contributed by atoms with Crippen LogP contribution in [0, 0.1) is 34.3 Å². The van der Waals surface area contributed by atoms with E-state index in [1.807, 2.05) is 12.1 Å². The van der Waals surface area contributed by atoms with Crippen LogP contribution in [0.3, 0.4) is 0 Å². The fourth-order valence-electron chi connectivity index (χ4n) is 2.87. The number of imide groups is 1. The van der Waals surface area contributed by atoms with Crippen molar-refractivity contribution in [3.8, 4) is 12.1 Å². The zero-order valence-electron chi connectivity index (χ0n) is 15.0. The SMILES string of the molecule is CC1(c2cc(F)ccc2F)NC(=O)N(CC(=O)N(CCC#N)CCC#N)C1=O. The van der Waals surface area contributed by atoms with Gasteiger partial charge >= 0.3 is 6.03 Å². The highest BCUT2D eigenvalue weighted by Gasteiger charge is 2.51. The van der Waals surface area contributed by atoms with E-state index in [0.717, 1.165) is 18.2 Å². The molecule has 1 aromatic carbocycles. The lowest BCUT2D eigenvalue weighted by molar-refractivity contribution is -0.138. The summed E-state index contributed by atoms with van der Waals surface area (Å²) in [5, 5.41) is 19.7. The fourth-order valence-corrected chi connectivity index (χ4v) is 2.87. The molecule has 8 nitrogen and oxygen atoms in total. The number of benzene rings is 1. The number of hydrogen-bond acceptors (Lipinski definition) is 5. The number of carbonyl (C=O) groups excluding carboxylic acids is 3. The first-order chi connectivity index (χ1) is 13.2. The van der Waals surface area contributed by atoms with Crippen molar-refractivity contribution >= 4 is 17.8 Å². The van der Waals surface area contributed by atoms with Gasteiger partial charge in [-0.1, -0.05) is 0 Å². The van der Waals surface area contributed by atoms with Crippen LogP contribution >= 0.6 is 0 Å². The van der Waals surface area contributed by atoms with Crippen LogP contribution in [-0.4, -0.2) is 47.3 Å². The number of nitrogens with one attached hydrogen (secondary N) is 1. The zero-order chi connectivity index (χ0) is 20.9. The minimum atomic E-state index is -1.87. The van der Waals surface area contributed by atoms with Crippen LogP contribution in [0.15, 0.2) is 18.2 Å². The van der Waals surface area contributed by atoms with E-state index in [9.17, 15) is 23.2 Å². The Hall–Kier alpha value is -3.53. The van der Waals surface area contributed by atoms with E-state index in [1.54, 1.807) is 0 Å². The molecule has 1 fully saturated rings. The molecule has 2 rings (SSSR count). The maximum atomic E-state index is 14.1. The second-order valence-electron chi connectivity index (χ2n) is 6.27. The number of halogens is 2. The van der Waals surface area contributed by atoms with Gasteiger partial charge in [-0.2, -0.15) is 10.5 Å². The molecule has 4 amide bonds. The molecule has 0 aliphatic carbocycles. The summed E-state index contributed by atoms with van der Waals surface area (Å²) in [6.45, 7) is 0.652. The minimum absolute atomic E-state index is 0.0174. The van der Waals surface area contributed by atoms with Crippen molar-refractivity contribution in [1.29, 1.82) is 10.5 Å². The highest BCUT2D eigenvalue weighted by molar-refractivity contribution is 6.09. The van der Waals surface area contributed by atoms with E-state index in [1.165, 1.54) is 11.8 Å². The number of rotatable bonds is 7.